The number of carbonyl (C=O) groups excluding carboxylic acids is 2. The summed E-state index contributed by atoms with van der Waals surface area (Å²) < 4.78 is 0. The number of nitrogens with one attached hydrogen (secondary N) is 1. The minimum absolute atomic E-state index is 0.0452. The van der Waals surface area contributed by atoms with Gasteiger partial charge in [-0.25, -0.2) is 0 Å². The molecule has 118 valence electrons. The van der Waals surface area contributed by atoms with Crippen molar-refractivity contribution >= 4 is 11.8 Å². The summed E-state index contributed by atoms with van der Waals surface area (Å²) in [5, 5.41) is 2.98. The van der Waals surface area contributed by atoms with Crippen molar-refractivity contribution in [2.24, 2.45) is 11.8 Å². The van der Waals surface area contributed by atoms with Gasteiger partial charge in [0.2, 0.25) is 11.8 Å². The number of hydrogen-bond acceptors (Lipinski definition) is 2. The Morgan fingerprint density at radius 1 is 0.952 bits per heavy atom. The van der Waals surface area contributed by atoms with Gasteiger partial charge in [-0.1, -0.05) is 26.2 Å². The normalized spacial score (nSPS) is 35.7. The molecule has 2 amide bonds. The molecule has 1 unspecified atom stereocenters. The van der Waals surface area contributed by atoms with Gasteiger partial charge in [0.1, 0.15) is 6.04 Å². The summed E-state index contributed by atoms with van der Waals surface area (Å²) in [5.41, 5.74) is 0. The van der Waals surface area contributed by atoms with Crippen LogP contribution in [-0.4, -0.2) is 35.3 Å². The fraction of sp³-hybridized carbons (Fsp3) is 0.882. The highest BCUT2D eigenvalue weighted by atomic mass is 16.2. The third kappa shape index (κ3) is 3.24. The van der Waals surface area contributed by atoms with Crippen molar-refractivity contribution in [1.29, 1.82) is 0 Å². The quantitative estimate of drug-likeness (QED) is 0.850. The molecule has 21 heavy (non-hydrogen) atoms. The SMILES string of the molecule is CC1CCC(N2CC(=O)NC(C3CCCCC3)C2=O)CC1. The Balaban J connectivity index is 1.69. The van der Waals surface area contributed by atoms with Crippen LogP contribution in [0.1, 0.15) is 64.7 Å². The third-order valence-electron chi connectivity index (χ3n) is 5.73. The van der Waals surface area contributed by atoms with Crippen LogP contribution in [0.4, 0.5) is 0 Å². The average Bonchev–Trinajstić information content (AvgIpc) is 2.51. The van der Waals surface area contributed by atoms with Crippen LogP contribution < -0.4 is 5.32 Å². The zero-order chi connectivity index (χ0) is 14.8. The maximum absolute atomic E-state index is 12.9. The molecule has 0 spiro atoms. The molecule has 0 aromatic carbocycles. The van der Waals surface area contributed by atoms with Crippen LogP contribution in [0, 0.1) is 11.8 Å². The molecule has 0 bridgehead atoms. The molecule has 0 aromatic heterocycles. The number of carbonyl (C=O) groups is 2. The summed E-state index contributed by atoms with van der Waals surface area (Å²) in [5.74, 6) is 1.37. The fourth-order valence-corrected chi connectivity index (χ4v) is 4.34. The fourth-order valence-electron chi connectivity index (χ4n) is 4.34. The summed E-state index contributed by atoms with van der Waals surface area (Å²) in [4.78, 5) is 26.8. The van der Waals surface area contributed by atoms with Gasteiger partial charge < -0.3 is 10.2 Å². The highest BCUT2D eigenvalue weighted by Gasteiger charge is 2.41. The number of rotatable bonds is 2. The highest BCUT2D eigenvalue weighted by Crippen LogP contribution is 2.32. The topological polar surface area (TPSA) is 49.4 Å². The van der Waals surface area contributed by atoms with Crippen LogP contribution >= 0.6 is 0 Å². The van der Waals surface area contributed by atoms with Gasteiger partial charge in [-0.15, -0.1) is 0 Å². The zero-order valence-electron chi connectivity index (χ0n) is 13.1. The van der Waals surface area contributed by atoms with E-state index in [1.165, 1.54) is 32.1 Å². The standard InChI is InChI=1S/C17H28N2O2/c1-12-7-9-14(10-8-12)19-11-15(20)18-16(17(19)21)13-5-3-2-4-6-13/h12-14,16H,2-11H2,1H3,(H,18,20). The minimum atomic E-state index is -0.245. The van der Waals surface area contributed by atoms with E-state index in [-0.39, 0.29) is 24.4 Å². The van der Waals surface area contributed by atoms with E-state index in [1.54, 1.807) is 0 Å². The molecular weight excluding hydrogens is 264 g/mol. The maximum atomic E-state index is 12.9. The predicted octanol–water partition coefficient (Wildman–Crippen LogP) is 2.47. The van der Waals surface area contributed by atoms with Crippen molar-refractivity contribution in [3.8, 4) is 0 Å². The van der Waals surface area contributed by atoms with Gasteiger partial charge in [-0.05, 0) is 50.4 Å². The second-order valence-electron chi connectivity index (χ2n) is 7.32. The van der Waals surface area contributed by atoms with Crippen LogP contribution in [0.2, 0.25) is 0 Å². The smallest absolute Gasteiger partial charge is 0.246 e. The summed E-state index contributed by atoms with van der Waals surface area (Å²) >= 11 is 0. The van der Waals surface area contributed by atoms with E-state index in [4.69, 9.17) is 0 Å². The molecule has 1 saturated heterocycles. The Kier molecular flexibility index (Phi) is 4.51. The first kappa shape index (κ1) is 14.9. The van der Waals surface area contributed by atoms with E-state index in [1.807, 2.05) is 4.90 Å². The summed E-state index contributed by atoms with van der Waals surface area (Å²) in [6.45, 7) is 2.56. The van der Waals surface area contributed by atoms with Crippen molar-refractivity contribution in [2.75, 3.05) is 6.54 Å². The van der Waals surface area contributed by atoms with E-state index in [0.29, 0.717) is 12.0 Å². The lowest BCUT2D eigenvalue weighted by Crippen LogP contribution is -2.63. The van der Waals surface area contributed by atoms with Crippen molar-refractivity contribution < 1.29 is 9.59 Å². The van der Waals surface area contributed by atoms with Gasteiger partial charge in [-0.2, -0.15) is 0 Å². The van der Waals surface area contributed by atoms with E-state index in [9.17, 15) is 9.59 Å². The molecule has 1 N–H and O–H groups in total. The molecule has 0 aromatic rings. The number of amides is 2. The Labute approximate surface area is 127 Å². The van der Waals surface area contributed by atoms with Crippen LogP contribution in [0.25, 0.3) is 0 Å². The van der Waals surface area contributed by atoms with Crippen LogP contribution in [-0.2, 0) is 9.59 Å². The Morgan fingerprint density at radius 2 is 1.62 bits per heavy atom. The maximum Gasteiger partial charge on any atom is 0.246 e. The van der Waals surface area contributed by atoms with Gasteiger partial charge in [0.25, 0.3) is 0 Å². The molecule has 3 rings (SSSR count). The first-order chi connectivity index (χ1) is 10.1. The second-order valence-corrected chi connectivity index (χ2v) is 7.32. The molecule has 1 heterocycles. The molecule has 2 aliphatic carbocycles. The van der Waals surface area contributed by atoms with Crippen LogP contribution in [0.5, 0.6) is 0 Å². The molecule has 1 atom stereocenters. The first-order valence-corrected chi connectivity index (χ1v) is 8.75. The Bertz CT molecular complexity index is 396. The summed E-state index contributed by atoms with van der Waals surface area (Å²) in [6, 6.07) is 0.0525. The molecular formula is C17H28N2O2. The van der Waals surface area contributed by atoms with Crippen molar-refractivity contribution in [3.05, 3.63) is 0 Å². The number of piperazine rings is 1. The van der Waals surface area contributed by atoms with Gasteiger partial charge in [0, 0.05) is 6.04 Å². The molecule has 4 nitrogen and oxygen atoms in total. The van der Waals surface area contributed by atoms with E-state index in [0.717, 1.165) is 31.6 Å². The van der Waals surface area contributed by atoms with Crippen molar-refractivity contribution in [3.63, 3.8) is 0 Å². The monoisotopic (exact) mass is 292 g/mol. The van der Waals surface area contributed by atoms with E-state index >= 15 is 0 Å². The minimum Gasteiger partial charge on any atom is -0.342 e. The Morgan fingerprint density at radius 3 is 2.29 bits per heavy atom. The molecule has 1 aliphatic heterocycles. The number of hydrogen-bond donors (Lipinski definition) is 1. The molecule has 0 radical (unpaired) electrons. The summed E-state index contributed by atoms with van der Waals surface area (Å²) in [6.07, 6.45) is 10.4. The van der Waals surface area contributed by atoms with E-state index in [2.05, 4.69) is 12.2 Å². The molecule has 3 aliphatic rings. The highest BCUT2D eigenvalue weighted by molar-refractivity contribution is 5.95. The third-order valence-corrected chi connectivity index (χ3v) is 5.73. The zero-order valence-corrected chi connectivity index (χ0v) is 13.1. The van der Waals surface area contributed by atoms with Crippen molar-refractivity contribution in [1.82, 2.24) is 10.2 Å². The van der Waals surface area contributed by atoms with Crippen LogP contribution in [0.3, 0.4) is 0 Å². The second kappa shape index (κ2) is 6.37. The number of nitrogens with zero attached hydrogens (tertiary/aromatic N) is 1. The van der Waals surface area contributed by atoms with Gasteiger partial charge >= 0.3 is 0 Å². The van der Waals surface area contributed by atoms with Gasteiger partial charge in [0.15, 0.2) is 0 Å². The molecule has 4 heteroatoms. The lowest BCUT2D eigenvalue weighted by molar-refractivity contribution is -0.149. The largest absolute Gasteiger partial charge is 0.342 e. The van der Waals surface area contributed by atoms with Crippen molar-refractivity contribution in [2.45, 2.75) is 76.8 Å². The molecule has 3 fully saturated rings. The van der Waals surface area contributed by atoms with Gasteiger partial charge in [0.05, 0.1) is 6.54 Å². The van der Waals surface area contributed by atoms with Crippen LogP contribution in [0.15, 0.2) is 0 Å². The van der Waals surface area contributed by atoms with E-state index < -0.39 is 0 Å². The predicted molar refractivity (Wildman–Crippen MR) is 81.6 cm³/mol. The lowest BCUT2D eigenvalue weighted by Gasteiger charge is -2.43. The Hall–Kier alpha value is -1.06. The summed E-state index contributed by atoms with van der Waals surface area (Å²) in [7, 11) is 0. The molecule has 2 saturated carbocycles. The van der Waals surface area contributed by atoms with Gasteiger partial charge in [-0.3, -0.25) is 9.59 Å². The lowest BCUT2D eigenvalue weighted by atomic mass is 9.81. The first-order valence-electron chi connectivity index (χ1n) is 8.75. The average molecular weight is 292 g/mol.